The Kier molecular flexibility index (Phi) is 82.3. The van der Waals surface area contributed by atoms with Crippen molar-refractivity contribution >= 4 is 69.4 Å². The van der Waals surface area contributed by atoms with E-state index in [1.165, 1.54) is 0 Å². The van der Waals surface area contributed by atoms with Crippen molar-refractivity contribution < 1.29 is 98.7 Å². The van der Waals surface area contributed by atoms with Gasteiger partial charge < -0.3 is 39.6 Å². The first-order chi connectivity index (χ1) is 6.93. The molecule has 0 heterocycles. The minimum Gasteiger partial charge on any atom is -0.550 e. The summed E-state index contributed by atoms with van der Waals surface area (Å²) in [4.78, 5) is 35.6. The fourth-order valence-electron chi connectivity index (χ4n) is 0. The molecule has 0 rings (SSSR count). The van der Waals surface area contributed by atoms with Crippen molar-refractivity contribution in [3.63, 3.8) is 0 Å². The Bertz CT molecular complexity index is 171. The number of carboxylic acids is 4. The van der Waals surface area contributed by atoms with Crippen LogP contribution in [0.4, 0.5) is 0 Å². The molecule has 8 nitrogen and oxygen atoms in total. The first kappa shape index (κ1) is 42.8. The summed E-state index contributed by atoms with van der Waals surface area (Å²) in [6, 6.07) is 0. The molecule has 0 bridgehead atoms. The average Bonchev–Trinajstić information content (AvgIpc) is 1.76. The van der Waals surface area contributed by atoms with E-state index in [2.05, 4.69) is 0 Å². The number of rotatable bonds is 0. The van der Waals surface area contributed by atoms with Gasteiger partial charge in [-0.1, -0.05) is 0 Å². The molecule has 19 heavy (non-hydrogen) atoms. The monoisotopic (exact) mass is 370 g/mol. The molecule has 0 aromatic heterocycles. The molecule has 11 heteroatoms. The molecule has 0 aromatic rings. The second kappa shape index (κ2) is 36.6. The van der Waals surface area contributed by atoms with Crippen LogP contribution in [-0.4, -0.2) is 69.4 Å². The Hall–Kier alpha value is 1.36. The zero-order chi connectivity index (χ0) is 14.3. The van der Waals surface area contributed by atoms with E-state index in [1.54, 1.807) is 0 Å². The van der Waals surface area contributed by atoms with Crippen LogP contribution in [0.15, 0.2) is 0 Å². The molecule has 0 radical (unpaired) electrons. The molecule has 0 aliphatic heterocycles. The Balaban J connectivity index is -0.0000000192. The summed E-state index contributed by atoms with van der Waals surface area (Å²) in [6.07, 6.45) is 0. The van der Waals surface area contributed by atoms with Crippen LogP contribution in [0.1, 0.15) is 27.7 Å². The van der Waals surface area contributed by atoms with Crippen LogP contribution >= 0.6 is 0 Å². The number of carbonyl (C=O) groups is 4. The maximum absolute atomic E-state index is 8.89. The first-order valence-corrected chi connectivity index (χ1v) is 3.63. The van der Waals surface area contributed by atoms with Crippen molar-refractivity contribution in [3.05, 3.63) is 0 Å². The summed E-state index contributed by atoms with van der Waals surface area (Å²) in [5, 5.41) is 35.6. The van der Waals surface area contributed by atoms with E-state index in [4.69, 9.17) is 39.6 Å². The van der Waals surface area contributed by atoms with Crippen LogP contribution in [0.2, 0.25) is 0 Å². The third-order valence-electron chi connectivity index (χ3n) is 0. The molecule has 0 spiro atoms. The van der Waals surface area contributed by atoms with E-state index < -0.39 is 23.9 Å². The Morgan fingerprint density at radius 1 is 0.526 bits per heavy atom. The summed E-state index contributed by atoms with van der Waals surface area (Å²) in [6.45, 7) is 3.89. The second-order valence-electron chi connectivity index (χ2n) is 1.97. The van der Waals surface area contributed by atoms with Gasteiger partial charge in [0.25, 0.3) is 0 Å². The molecule has 0 unspecified atom stereocenters. The molecule has 96 valence electrons. The van der Waals surface area contributed by atoms with E-state index in [-0.39, 0.29) is 105 Å². The quantitative estimate of drug-likeness (QED) is 0.380. The molecule has 0 atom stereocenters. The van der Waals surface area contributed by atoms with E-state index in [9.17, 15) is 0 Å². The molecule has 0 aliphatic carbocycles. The number of aliphatic carboxylic acids is 4. The molecule has 0 fully saturated rings. The van der Waals surface area contributed by atoms with Crippen molar-refractivity contribution in [2.24, 2.45) is 0 Å². The van der Waals surface area contributed by atoms with Crippen molar-refractivity contribution in [1.29, 1.82) is 0 Å². The van der Waals surface area contributed by atoms with Gasteiger partial charge in [-0.15, -0.1) is 0 Å². The topological polar surface area (TPSA) is 161 Å². The number of carboxylic acid groups (broad SMARTS) is 4. The van der Waals surface area contributed by atoms with Crippen LogP contribution in [0, 0.1) is 0 Å². The van der Waals surface area contributed by atoms with Crippen molar-refractivity contribution in [3.8, 4) is 0 Å². The molecule has 0 aromatic carbocycles. The molecule has 0 saturated heterocycles. The zero-order valence-electron chi connectivity index (χ0n) is 12.0. The van der Waals surface area contributed by atoms with Gasteiger partial charge in [0.15, 0.2) is 0 Å². The maximum atomic E-state index is 8.89. The van der Waals surface area contributed by atoms with Gasteiger partial charge in [0, 0.05) is 23.9 Å². The second-order valence-corrected chi connectivity index (χ2v) is 1.97. The summed E-state index contributed by atoms with van der Waals surface area (Å²) in [7, 11) is 0. The van der Waals surface area contributed by atoms with Gasteiger partial charge in [-0.3, -0.25) is 0 Å². The maximum Gasteiger partial charge on any atom is 2.00 e. The van der Waals surface area contributed by atoms with Gasteiger partial charge in [-0.25, -0.2) is 0 Å². The Morgan fingerprint density at radius 2 is 0.526 bits per heavy atom. The third kappa shape index (κ3) is 3150. The van der Waals surface area contributed by atoms with Gasteiger partial charge in [0.2, 0.25) is 0 Å². The van der Waals surface area contributed by atoms with Crippen molar-refractivity contribution in [1.82, 2.24) is 0 Å². The minimum atomic E-state index is -1.08. The number of hydrogen-bond donors (Lipinski definition) is 0. The molecule has 0 amide bonds. The van der Waals surface area contributed by atoms with Crippen LogP contribution in [0.3, 0.4) is 0 Å². The summed E-state index contributed by atoms with van der Waals surface area (Å²) < 4.78 is 0. The SMILES string of the molecule is CC(=O)[O-].CC(=O)[O-].CC(=O)[O-].CC(=O)[O-].[Na+].[Na+].[Sr+2]. The molecule has 0 aliphatic rings. The molecular weight excluding hydrogens is 358 g/mol. The van der Waals surface area contributed by atoms with Crippen LogP contribution in [-0.2, 0) is 19.2 Å². The van der Waals surface area contributed by atoms with E-state index in [0.717, 1.165) is 27.7 Å². The van der Waals surface area contributed by atoms with Gasteiger partial charge in [-0.05, 0) is 27.7 Å². The van der Waals surface area contributed by atoms with Crippen LogP contribution < -0.4 is 79.5 Å². The fraction of sp³-hybridized carbons (Fsp3) is 0.500. The Labute approximate surface area is 192 Å². The van der Waals surface area contributed by atoms with Crippen molar-refractivity contribution in [2.45, 2.75) is 27.7 Å². The smallest absolute Gasteiger partial charge is 0.550 e. The zero-order valence-corrected chi connectivity index (χ0v) is 19.4. The summed E-state index contributed by atoms with van der Waals surface area (Å²) in [5.41, 5.74) is 0. The van der Waals surface area contributed by atoms with E-state index in [1.807, 2.05) is 0 Å². The predicted molar refractivity (Wildman–Crippen MR) is 48.5 cm³/mol. The normalized spacial score (nSPS) is 5.26. The van der Waals surface area contributed by atoms with Crippen molar-refractivity contribution in [2.75, 3.05) is 0 Å². The summed E-state index contributed by atoms with van der Waals surface area (Å²) >= 11 is 0. The third-order valence-corrected chi connectivity index (χ3v) is 0. The summed E-state index contributed by atoms with van der Waals surface area (Å²) in [5.74, 6) is -4.33. The van der Waals surface area contributed by atoms with Gasteiger partial charge >= 0.3 is 105 Å². The standard InChI is InChI=1S/4C2H4O2.2Na.Sr/c4*1-2(3)4;;;/h4*1H3,(H,3,4);;;/q;;;;2*+1;+2/p-4. The number of hydrogen-bond acceptors (Lipinski definition) is 8. The fourth-order valence-corrected chi connectivity index (χ4v) is 0. The molecule has 0 saturated carbocycles. The van der Waals surface area contributed by atoms with Crippen LogP contribution in [0.25, 0.3) is 0 Å². The van der Waals surface area contributed by atoms with E-state index >= 15 is 0 Å². The largest absolute Gasteiger partial charge is 2.00 e. The minimum absolute atomic E-state index is 0. The van der Waals surface area contributed by atoms with Crippen LogP contribution in [0.5, 0.6) is 0 Å². The van der Waals surface area contributed by atoms with Gasteiger partial charge in [0.1, 0.15) is 0 Å². The first-order valence-electron chi connectivity index (χ1n) is 3.63. The molecular formula is C8H12Na2O8Sr. The Morgan fingerprint density at radius 3 is 0.526 bits per heavy atom. The van der Waals surface area contributed by atoms with Gasteiger partial charge in [0.05, 0.1) is 0 Å². The molecule has 0 N–H and O–H groups in total. The average molecular weight is 370 g/mol. The number of carbonyl (C=O) groups excluding carboxylic acids is 4. The van der Waals surface area contributed by atoms with E-state index in [0.29, 0.717) is 0 Å². The van der Waals surface area contributed by atoms with Gasteiger partial charge in [-0.2, -0.15) is 0 Å². The predicted octanol–water partition coefficient (Wildman–Crippen LogP) is -11.3.